The lowest BCUT2D eigenvalue weighted by Gasteiger charge is -1.90. The van der Waals surface area contributed by atoms with Crippen LogP contribution in [-0.4, -0.2) is 15.8 Å². The van der Waals surface area contributed by atoms with Crippen molar-refractivity contribution in [3.63, 3.8) is 0 Å². The fraction of sp³-hybridized carbons (Fsp3) is 0. The summed E-state index contributed by atoms with van der Waals surface area (Å²) in [6, 6.07) is 3.65. The fourth-order valence-corrected chi connectivity index (χ4v) is 1.33. The summed E-state index contributed by atoms with van der Waals surface area (Å²) in [5.41, 5.74) is 3.78. The molecule has 68 valence electrons. The number of aromatic amines is 1. The smallest absolute Gasteiger partial charge is 0.195 e. The number of nitrogens with zero attached hydrogens (tertiary/aromatic N) is 1. The second-order valence-electron chi connectivity index (χ2n) is 2.81. The van der Waals surface area contributed by atoms with Gasteiger partial charge in [-0.15, -0.1) is 5.73 Å². The van der Waals surface area contributed by atoms with Crippen LogP contribution in [-0.2, 0) is 0 Å². The Labute approximate surface area is 80.8 Å². The molecule has 0 fully saturated rings. The van der Waals surface area contributed by atoms with Gasteiger partial charge in [0.15, 0.2) is 5.78 Å². The molecular formula is C11H8N2O. The molecule has 0 amide bonds. The van der Waals surface area contributed by atoms with Gasteiger partial charge in [-0.1, -0.05) is 6.58 Å². The Kier molecular flexibility index (Phi) is 2.01. The molecule has 0 aliphatic heterocycles. The van der Waals surface area contributed by atoms with Crippen molar-refractivity contribution in [1.29, 1.82) is 0 Å². The van der Waals surface area contributed by atoms with E-state index in [0.29, 0.717) is 11.2 Å². The molecule has 2 heterocycles. The number of carbonyl (C=O) groups excluding carboxylic acids is 1. The van der Waals surface area contributed by atoms with Crippen molar-refractivity contribution < 1.29 is 4.79 Å². The summed E-state index contributed by atoms with van der Waals surface area (Å²) in [7, 11) is 0. The van der Waals surface area contributed by atoms with Crippen LogP contribution in [0.1, 0.15) is 10.4 Å². The van der Waals surface area contributed by atoms with Crippen LogP contribution < -0.4 is 0 Å². The van der Waals surface area contributed by atoms with Crippen molar-refractivity contribution in [2.24, 2.45) is 0 Å². The second-order valence-corrected chi connectivity index (χ2v) is 2.81. The van der Waals surface area contributed by atoms with Crippen molar-refractivity contribution >= 4 is 16.8 Å². The zero-order valence-corrected chi connectivity index (χ0v) is 7.45. The summed E-state index contributed by atoms with van der Waals surface area (Å²) in [6.07, 6.45) is 4.64. The minimum Gasteiger partial charge on any atom is -0.345 e. The molecule has 14 heavy (non-hydrogen) atoms. The van der Waals surface area contributed by atoms with E-state index in [1.165, 1.54) is 6.08 Å². The molecule has 0 spiro atoms. The van der Waals surface area contributed by atoms with Gasteiger partial charge in [0.05, 0.1) is 0 Å². The summed E-state index contributed by atoms with van der Waals surface area (Å²) in [6.45, 7) is 3.36. The van der Waals surface area contributed by atoms with E-state index in [-0.39, 0.29) is 5.78 Å². The first kappa shape index (κ1) is 8.48. The highest BCUT2D eigenvalue weighted by molar-refractivity contribution is 6.12. The lowest BCUT2D eigenvalue weighted by Crippen LogP contribution is -1.91. The number of fused-ring (bicyclic) bond motifs is 1. The molecule has 0 atom stereocenters. The summed E-state index contributed by atoms with van der Waals surface area (Å²) >= 11 is 0. The van der Waals surface area contributed by atoms with E-state index in [4.69, 9.17) is 0 Å². The van der Waals surface area contributed by atoms with Gasteiger partial charge in [-0.05, 0) is 12.1 Å². The number of hydrogen-bond donors (Lipinski definition) is 1. The molecule has 3 heteroatoms. The van der Waals surface area contributed by atoms with Gasteiger partial charge < -0.3 is 4.98 Å². The minimum absolute atomic E-state index is 0.112. The van der Waals surface area contributed by atoms with Gasteiger partial charge in [0, 0.05) is 29.4 Å². The van der Waals surface area contributed by atoms with Crippen LogP contribution in [0.15, 0.2) is 42.9 Å². The van der Waals surface area contributed by atoms with Crippen molar-refractivity contribution in [1.82, 2.24) is 9.97 Å². The van der Waals surface area contributed by atoms with Crippen molar-refractivity contribution in [3.05, 3.63) is 48.5 Å². The quantitative estimate of drug-likeness (QED) is 0.441. The van der Waals surface area contributed by atoms with Gasteiger partial charge in [0.25, 0.3) is 0 Å². The fourth-order valence-electron chi connectivity index (χ4n) is 1.33. The average Bonchev–Trinajstić information content (AvgIpc) is 2.61. The van der Waals surface area contributed by atoms with Gasteiger partial charge in [-0.3, -0.25) is 4.79 Å². The van der Waals surface area contributed by atoms with E-state index in [0.717, 1.165) is 5.39 Å². The van der Waals surface area contributed by atoms with E-state index >= 15 is 0 Å². The third kappa shape index (κ3) is 1.26. The molecule has 2 aromatic heterocycles. The number of nitrogens with one attached hydrogen (secondary N) is 1. The Bertz CT molecular complexity index is 533. The maximum absolute atomic E-state index is 11.5. The van der Waals surface area contributed by atoms with E-state index in [1.807, 2.05) is 6.07 Å². The van der Waals surface area contributed by atoms with E-state index in [1.54, 1.807) is 18.5 Å². The molecule has 0 bridgehead atoms. The first-order valence-electron chi connectivity index (χ1n) is 4.15. The molecule has 2 rings (SSSR count). The Morgan fingerprint density at radius 1 is 1.64 bits per heavy atom. The highest BCUT2D eigenvalue weighted by Crippen LogP contribution is 2.16. The predicted octanol–water partition coefficient (Wildman–Crippen LogP) is 2.09. The Hall–Kier alpha value is -2.12. The summed E-state index contributed by atoms with van der Waals surface area (Å²) < 4.78 is 0. The molecule has 1 N–H and O–H groups in total. The Balaban J connectivity index is 2.64. The zero-order chi connectivity index (χ0) is 9.97. The minimum atomic E-state index is -0.112. The standard InChI is InChI=1S/C11H8N2O/c1-2-4-10(14)9-7-13-11-8(9)5-3-6-12-11/h3-7H,1H2,(H,12,13). The van der Waals surface area contributed by atoms with Crippen LogP contribution in [0.2, 0.25) is 0 Å². The first-order chi connectivity index (χ1) is 6.83. The number of ketones is 1. The number of allylic oxidation sites excluding steroid dienone is 1. The van der Waals surface area contributed by atoms with Crippen molar-refractivity contribution in [3.8, 4) is 0 Å². The average molecular weight is 184 g/mol. The molecule has 0 aliphatic carbocycles. The number of carbonyl (C=O) groups is 1. The zero-order valence-electron chi connectivity index (χ0n) is 7.45. The van der Waals surface area contributed by atoms with E-state index in [2.05, 4.69) is 22.3 Å². The molecule has 0 radical (unpaired) electrons. The summed E-state index contributed by atoms with van der Waals surface area (Å²) in [5.74, 6) is -0.112. The van der Waals surface area contributed by atoms with Gasteiger partial charge in [0.1, 0.15) is 5.65 Å². The maximum Gasteiger partial charge on any atom is 0.195 e. The SMILES string of the molecule is C=C=CC(=O)c1c[nH]c2ncccc12. The predicted molar refractivity (Wildman–Crippen MR) is 54.1 cm³/mol. The monoisotopic (exact) mass is 184 g/mol. The largest absolute Gasteiger partial charge is 0.345 e. The van der Waals surface area contributed by atoms with Gasteiger partial charge >= 0.3 is 0 Å². The van der Waals surface area contributed by atoms with Crippen LogP contribution in [0.5, 0.6) is 0 Å². The van der Waals surface area contributed by atoms with Crippen molar-refractivity contribution in [2.45, 2.75) is 0 Å². The number of rotatable bonds is 2. The molecule has 0 saturated carbocycles. The second kappa shape index (κ2) is 3.32. The van der Waals surface area contributed by atoms with Crippen LogP contribution in [0, 0.1) is 0 Å². The molecular weight excluding hydrogens is 176 g/mol. The topological polar surface area (TPSA) is 45.8 Å². The number of hydrogen-bond acceptors (Lipinski definition) is 2. The van der Waals surface area contributed by atoms with Gasteiger partial charge in [-0.2, -0.15) is 0 Å². The third-order valence-corrected chi connectivity index (χ3v) is 1.95. The van der Waals surface area contributed by atoms with Gasteiger partial charge in [0.2, 0.25) is 0 Å². The van der Waals surface area contributed by atoms with Crippen molar-refractivity contribution in [2.75, 3.05) is 0 Å². The molecule has 2 aromatic rings. The number of H-pyrrole nitrogens is 1. The molecule has 0 aliphatic rings. The highest BCUT2D eigenvalue weighted by atomic mass is 16.1. The molecule has 3 nitrogen and oxygen atoms in total. The normalized spacial score (nSPS) is 9.71. The van der Waals surface area contributed by atoms with Crippen LogP contribution in [0.4, 0.5) is 0 Å². The Morgan fingerprint density at radius 3 is 3.29 bits per heavy atom. The van der Waals surface area contributed by atoms with Crippen LogP contribution >= 0.6 is 0 Å². The summed E-state index contributed by atoms with van der Waals surface area (Å²) in [4.78, 5) is 18.5. The lowest BCUT2D eigenvalue weighted by molar-refractivity contribution is 0.104. The van der Waals surface area contributed by atoms with Gasteiger partial charge in [-0.25, -0.2) is 4.98 Å². The molecule has 0 saturated heterocycles. The Morgan fingerprint density at radius 2 is 2.50 bits per heavy atom. The van der Waals surface area contributed by atoms with E-state index < -0.39 is 0 Å². The number of pyridine rings is 1. The number of aromatic nitrogens is 2. The van der Waals surface area contributed by atoms with Crippen LogP contribution in [0.3, 0.4) is 0 Å². The first-order valence-corrected chi connectivity index (χ1v) is 4.15. The third-order valence-electron chi connectivity index (χ3n) is 1.95. The lowest BCUT2D eigenvalue weighted by atomic mass is 10.1. The highest BCUT2D eigenvalue weighted by Gasteiger charge is 2.08. The van der Waals surface area contributed by atoms with Crippen LogP contribution in [0.25, 0.3) is 11.0 Å². The maximum atomic E-state index is 11.5. The van der Waals surface area contributed by atoms with E-state index in [9.17, 15) is 4.79 Å². The molecule has 0 aromatic carbocycles. The summed E-state index contributed by atoms with van der Waals surface area (Å²) in [5, 5.41) is 0.823. The molecule has 0 unspecified atom stereocenters.